The van der Waals surface area contributed by atoms with Gasteiger partial charge in [0.05, 0.1) is 17.3 Å². The summed E-state index contributed by atoms with van der Waals surface area (Å²) < 4.78 is 0. The molecule has 6 heteroatoms. The number of nitrogens with one attached hydrogen (secondary N) is 2. The molecule has 3 aromatic rings. The second-order valence-corrected chi connectivity index (χ2v) is 8.71. The molecule has 1 aliphatic heterocycles. The molecule has 1 atom stereocenters. The van der Waals surface area contributed by atoms with E-state index in [0.717, 1.165) is 42.4 Å². The largest absolute Gasteiger partial charge is 0.341 e. The average Bonchev–Trinajstić information content (AvgIpc) is 3.33. The monoisotopic (exact) mass is 402 g/mol. The first kappa shape index (κ1) is 18.9. The van der Waals surface area contributed by atoms with Gasteiger partial charge in [-0.2, -0.15) is 5.10 Å². The van der Waals surface area contributed by atoms with Crippen LogP contribution in [0.1, 0.15) is 43.0 Å². The Morgan fingerprint density at radius 1 is 1.07 bits per heavy atom. The van der Waals surface area contributed by atoms with E-state index in [1.165, 1.54) is 12.8 Å². The summed E-state index contributed by atoms with van der Waals surface area (Å²) >= 11 is 0. The molecule has 5 rings (SSSR count). The van der Waals surface area contributed by atoms with Gasteiger partial charge in [0.15, 0.2) is 0 Å². The van der Waals surface area contributed by atoms with Crippen molar-refractivity contribution >= 4 is 22.7 Å². The number of hydrogen-bond acceptors (Lipinski definition) is 3. The summed E-state index contributed by atoms with van der Waals surface area (Å²) in [5.41, 5.74) is 3.79. The Balaban J connectivity index is 1.32. The van der Waals surface area contributed by atoms with Crippen molar-refractivity contribution in [2.75, 3.05) is 13.1 Å². The fourth-order valence-corrected chi connectivity index (χ4v) is 4.58. The van der Waals surface area contributed by atoms with Gasteiger partial charge in [0, 0.05) is 18.5 Å². The number of amides is 2. The molecule has 1 aliphatic carbocycles. The van der Waals surface area contributed by atoms with E-state index in [9.17, 15) is 9.59 Å². The molecular weight excluding hydrogens is 376 g/mol. The van der Waals surface area contributed by atoms with E-state index in [4.69, 9.17) is 0 Å². The zero-order chi connectivity index (χ0) is 20.7. The smallest absolute Gasteiger partial charge is 0.254 e. The lowest BCUT2D eigenvalue weighted by molar-refractivity contribution is -0.134. The van der Waals surface area contributed by atoms with Gasteiger partial charge in [-0.3, -0.25) is 14.7 Å². The maximum atomic E-state index is 13.0. The molecule has 1 saturated carbocycles. The van der Waals surface area contributed by atoms with Crippen LogP contribution in [0.4, 0.5) is 0 Å². The zero-order valence-electron chi connectivity index (χ0n) is 17.1. The molecule has 2 heterocycles. The number of piperidine rings is 1. The van der Waals surface area contributed by atoms with Gasteiger partial charge >= 0.3 is 0 Å². The standard InChI is InChI=1S/C24H26N4O2/c1-16(23(30)28-13-11-24(9-10-24)12-14-28)26-22(29)19-8-7-18(17-5-3-2-4-6-17)20-15-25-27-21(19)20/h2-8,15-16H,9-14H2,1H3,(H,25,27)(H,26,29)/t16-/m1/s1. The van der Waals surface area contributed by atoms with Gasteiger partial charge in [-0.1, -0.05) is 36.4 Å². The van der Waals surface area contributed by atoms with Gasteiger partial charge in [-0.15, -0.1) is 0 Å². The van der Waals surface area contributed by atoms with Crippen molar-refractivity contribution in [2.24, 2.45) is 5.41 Å². The van der Waals surface area contributed by atoms with Crippen molar-refractivity contribution in [2.45, 2.75) is 38.6 Å². The van der Waals surface area contributed by atoms with Gasteiger partial charge in [0.1, 0.15) is 6.04 Å². The highest BCUT2D eigenvalue weighted by Crippen LogP contribution is 2.53. The van der Waals surface area contributed by atoms with Crippen LogP contribution < -0.4 is 5.32 Å². The highest BCUT2D eigenvalue weighted by Gasteiger charge is 2.45. The molecule has 2 N–H and O–H groups in total. The van der Waals surface area contributed by atoms with E-state index < -0.39 is 6.04 Å². The Hall–Kier alpha value is -3.15. The molecular formula is C24H26N4O2. The lowest BCUT2D eigenvalue weighted by Gasteiger charge is -2.33. The van der Waals surface area contributed by atoms with Gasteiger partial charge in [-0.25, -0.2) is 0 Å². The summed E-state index contributed by atoms with van der Waals surface area (Å²) in [6.07, 6.45) is 6.54. The van der Waals surface area contributed by atoms with E-state index in [0.29, 0.717) is 16.5 Å². The zero-order valence-corrected chi connectivity index (χ0v) is 17.1. The first-order valence-electron chi connectivity index (χ1n) is 10.7. The van der Waals surface area contributed by atoms with Crippen LogP contribution >= 0.6 is 0 Å². The normalized spacial score (nSPS) is 18.4. The summed E-state index contributed by atoms with van der Waals surface area (Å²) in [6.45, 7) is 3.37. The number of rotatable bonds is 4. The topological polar surface area (TPSA) is 78.1 Å². The predicted octanol–water partition coefficient (Wildman–Crippen LogP) is 3.75. The molecule has 1 saturated heterocycles. The Morgan fingerprint density at radius 3 is 2.50 bits per heavy atom. The van der Waals surface area contributed by atoms with Gasteiger partial charge in [-0.05, 0) is 55.2 Å². The molecule has 2 aliphatic rings. The van der Waals surface area contributed by atoms with Crippen LogP contribution in [0.25, 0.3) is 22.0 Å². The Bertz CT molecular complexity index is 1090. The Morgan fingerprint density at radius 2 is 1.80 bits per heavy atom. The number of benzene rings is 2. The van der Waals surface area contributed by atoms with Crippen LogP contribution in [0.2, 0.25) is 0 Å². The first-order valence-corrected chi connectivity index (χ1v) is 10.7. The maximum absolute atomic E-state index is 13.0. The third kappa shape index (κ3) is 3.36. The van der Waals surface area contributed by atoms with Crippen LogP contribution in [-0.4, -0.2) is 46.0 Å². The van der Waals surface area contributed by atoms with Crippen LogP contribution in [0.15, 0.2) is 48.7 Å². The number of nitrogens with zero attached hydrogens (tertiary/aromatic N) is 2. The van der Waals surface area contributed by atoms with Crippen molar-refractivity contribution < 1.29 is 9.59 Å². The first-order chi connectivity index (χ1) is 14.6. The molecule has 30 heavy (non-hydrogen) atoms. The highest BCUT2D eigenvalue weighted by atomic mass is 16.2. The molecule has 0 radical (unpaired) electrons. The molecule has 2 aromatic carbocycles. The van der Waals surface area contributed by atoms with Crippen molar-refractivity contribution in [3.63, 3.8) is 0 Å². The fraction of sp³-hybridized carbons (Fsp3) is 0.375. The van der Waals surface area contributed by atoms with Crippen LogP contribution in [-0.2, 0) is 4.79 Å². The number of likely N-dealkylation sites (tertiary alicyclic amines) is 1. The second-order valence-electron chi connectivity index (χ2n) is 8.71. The fourth-order valence-electron chi connectivity index (χ4n) is 4.58. The quantitative estimate of drug-likeness (QED) is 0.698. The number of fused-ring (bicyclic) bond motifs is 1. The molecule has 154 valence electrons. The number of carbonyl (C=O) groups excluding carboxylic acids is 2. The van der Waals surface area contributed by atoms with Crippen LogP contribution in [0.3, 0.4) is 0 Å². The third-order valence-corrected chi connectivity index (χ3v) is 6.76. The summed E-state index contributed by atoms with van der Waals surface area (Å²) in [6, 6.07) is 13.2. The lowest BCUT2D eigenvalue weighted by atomic mass is 9.93. The van der Waals surface area contributed by atoms with Crippen molar-refractivity contribution in [3.8, 4) is 11.1 Å². The summed E-state index contributed by atoms with van der Waals surface area (Å²) in [7, 11) is 0. The molecule has 1 spiro atoms. The highest BCUT2D eigenvalue weighted by molar-refractivity contribution is 6.10. The summed E-state index contributed by atoms with van der Waals surface area (Å²) in [5, 5.41) is 10.9. The van der Waals surface area contributed by atoms with Crippen molar-refractivity contribution in [1.29, 1.82) is 0 Å². The average molecular weight is 402 g/mol. The number of H-pyrrole nitrogens is 1. The van der Waals surface area contributed by atoms with Gasteiger partial charge in [0.25, 0.3) is 5.91 Å². The van der Waals surface area contributed by atoms with E-state index in [1.54, 1.807) is 19.2 Å². The van der Waals surface area contributed by atoms with E-state index in [2.05, 4.69) is 15.5 Å². The third-order valence-electron chi connectivity index (χ3n) is 6.76. The van der Waals surface area contributed by atoms with E-state index in [-0.39, 0.29) is 11.8 Å². The van der Waals surface area contributed by atoms with E-state index in [1.807, 2.05) is 41.3 Å². The summed E-state index contributed by atoms with van der Waals surface area (Å²) in [4.78, 5) is 27.7. The molecule has 2 amide bonds. The SMILES string of the molecule is C[C@@H](NC(=O)c1ccc(-c2ccccc2)c2cn[nH]c12)C(=O)N1CCC2(CC1)CC2. The van der Waals surface area contributed by atoms with Crippen LogP contribution in [0.5, 0.6) is 0 Å². The Kier molecular flexibility index (Phi) is 4.57. The van der Waals surface area contributed by atoms with Crippen molar-refractivity contribution in [3.05, 3.63) is 54.2 Å². The minimum Gasteiger partial charge on any atom is -0.341 e. The predicted molar refractivity (Wildman–Crippen MR) is 116 cm³/mol. The number of aromatic nitrogens is 2. The molecule has 1 aromatic heterocycles. The minimum absolute atomic E-state index is 0.000565. The molecule has 2 fully saturated rings. The summed E-state index contributed by atoms with van der Waals surface area (Å²) in [5.74, 6) is -0.263. The molecule has 0 bridgehead atoms. The Labute approximate surface area is 175 Å². The lowest BCUT2D eigenvalue weighted by Crippen LogP contribution is -2.49. The molecule has 0 unspecified atom stereocenters. The van der Waals surface area contributed by atoms with Gasteiger partial charge < -0.3 is 10.2 Å². The number of aromatic amines is 1. The minimum atomic E-state index is -0.558. The molecule has 6 nitrogen and oxygen atoms in total. The van der Waals surface area contributed by atoms with Gasteiger partial charge in [0.2, 0.25) is 5.91 Å². The van der Waals surface area contributed by atoms with Crippen LogP contribution in [0, 0.1) is 5.41 Å². The number of hydrogen-bond donors (Lipinski definition) is 2. The van der Waals surface area contributed by atoms with E-state index >= 15 is 0 Å². The maximum Gasteiger partial charge on any atom is 0.254 e. The van der Waals surface area contributed by atoms with Crippen molar-refractivity contribution in [1.82, 2.24) is 20.4 Å². The number of carbonyl (C=O) groups is 2. The second kappa shape index (κ2) is 7.27.